The molecule has 1 N–H and O–H groups in total. The standard InChI is InChI=1S/C13H14BrN3O/c1-2-15-12-7-13(18)17(16-8-12)9-10-3-5-11(14)6-4-10/h3-8,15H,2,9H2,1H3. The van der Waals surface area contributed by atoms with Crippen LogP contribution in [0.2, 0.25) is 0 Å². The maximum atomic E-state index is 11.8. The molecule has 4 nitrogen and oxygen atoms in total. The first-order valence-corrected chi connectivity index (χ1v) is 6.54. The van der Waals surface area contributed by atoms with E-state index in [4.69, 9.17) is 0 Å². The topological polar surface area (TPSA) is 46.9 Å². The molecular formula is C13H14BrN3O. The Morgan fingerprint density at radius 3 is 2.67 bits per heavy atom. The van der Waals surface area contributed by atoms with Crippen LogP contribution in [0.4, 0.5) is 5.69 Å². The SMILES string of the molecule is CCNc1cnn(Cc2ccc(Br)cc2)c(=O)c1. The first-order valence-electron chi connectivity index (χ1n) is 5.74. The highest BCUT2D eigenvalue weighted by molar-refractivity contribution is 9.10. The van der Waals surface area contributed by atoms with Gasteiger partial charge in [0.05, 0.1) is 18.4 Å². The van der Waals surface area contributed by atoms with Crippen molar-refractivity contribution in [3.8, 4) is 0 Å². The summed E-state index contributed by atoms with van der Waals surface area (Å²) in [4.78, 5) is 11.8. The molecule has 1 aromatic carbocycles. The molecule has 0 amide bonds. The van der Waals surface area contributed by atoms with Crippen LogP contribution >= 0.6 is 15.9 Å². The molecule has 0 saturated heterocycles. The van der Waals surface area contributed by atoms with Gasteiger partial charge >= 0.3 is 0 Å². The van der Waals surface area contributed by atoms with Crippen LogP contribution in [0.25, 0.3) is 0 Å². The number of rotatable bonds is 4. The number of nitrogens with zero attached hydrogens (tertiary/aromatic N) is 2. The lowest BCUT2D eigenvalue weighted by Gasteiger charge is -2.06. The molecule has 2 rings (SSSR count). The minimum atomic E-state index is -0.101. The highest BCUT2D eigenvalue weighted by Crippen LogP contribution is 2.10. The fourth-order valence-corrected chi connectivity index (χ4v) is 1.88. The van der Waals surface area contributed by atoms with Crippen molar-refractivity contribution in [3.63, 3.8) is 0 Å². The van der Waals surface area contributed by atoms with Gasteiger partial charge in [-0.05, 0) is 24.6 Å². The van der Waals surface area contributed by atoms with Crippen LogP contribution in [0.5, 0.6) is 0 Å². The van der Waals surface area contributed by atoms with E-state index in [1.54, 1.807) is 12.3 Å². The summed E-state index contributed by atoms with van der Waals surface area (Å²) in [6.07, 6.45) is 1.67. The van der Waals surface area contributed by atoms with Gasteiger partial charge in [-0.25, -0.2) is 4.68 Å². The fourth-order valence-electron chi connectivity index (χ4n) is 1.62. The molecule has 94 valence electrons. The number of hydrogen-bond donors (Lipinski definition) is 1. The van der Waals surface area contributed by atoms with E-state index >= 15 is 0 Å². The molecule has 0 saturated carbocycles. The van der Waals surface area contributed by atoms with Gasteiger partial charge in [0, 0.05) is 17.1 Å². The Labute approximate surface area is 114 Å². The first kappa shape index (κ1) is 12.8. The predicted octanol–water partition coefficient (Wildman–Crippen LogP) is 2.49. The van der Waals surface area contributed by atoms with Crippen LogP contribution in [0.3, 0.4) is 0 Å². The Balaban J connectivity index is 2.19. The van der Waals surface area contributed by atoms with Crippen LogP contribution < -0.4 is 10.9 Å². The maximum absolute atomic E-state index is 11.8. The van der Waals surface area contributed by atoms with Crippen molar-refractivity contribution < 1.29 is 0 Å². The quantitative estimate of drug-likeness (QED) is 0.944. The second kappa shape index (κ2) is 5.82. The van der Waals surface area contributed by atoms with Gasteiger partial charge in [-0.3, -0.25) is 4.79 Å². The molecular weight excluding hydrogens is 294 g/mol. The van der Waals surface area contributed by atoms with Gasteiger partial charge in [-0.2, -0.15) is 5.10 Å². The summed E-state index contributed by atoms with van der Waals surface area (Å²) in [7, 11) is 0. The van der Waals surface area contributed by atoms with Gasteiger partial charge in [-0.1, -0.05) is 28.1 Å². The molecule has 0 aliphatic rings. The molecule has 18 heavy (non-hydrogen) atoms. The minimum absolute atomic E-state index is 0.101. The molecule has 0 aliphatic heterocycles. The molecule has 0 bridgehead atoms. The molecule has 2 aromatic rings. The molecule has 0 fully saturated rings. The molecule has 0 spiro atoms. The van der Waals surface area contributed by atoms with E-state index in [9.17, 15) is 4.79 Å². The largest absolute Gasteiger partial charge is 0.384 e. The third kappa shape index (κ3) is 3.20. The molecule has 0 aliphatic carbocycles. The second-order valence-corrected chi connectivity index (χ2v) is 4.81. The summed E-state index contributed by atoms with van der Waals surface area (Å²) in [5.74, 6) is 0. The molecule has 0 radical (unpaired) electrons. The van der Waals surface area contributed by atoms with E-state index in [1.165, 1.54) is 4.68 Å². The lowest BCUT2D eigenvalue weighted by molar-refractivity contribution is 0.639. The highest BCUT2D eigenvalue weighted by atomic mass is 79.9. The number of aromatic nitrogens is 2. The van der Waals surface area contributed by atoms with E-state index in [-0.39, 0.29) is 5.56 Å². The van der Waals surface area contributed by atoms with E-state index < -0.39 is 0 Å². The van der Waals surface area contributed by atoms with E-state index in [0.29, 0.717) is 6.54 Å². The third-order valence-corrected chi connectivity index (χ3v) is 3.02. The lowest BCUT2D eigenvalue weighted by atomic mass is 10.2. The van der Waals surface area contributed by atoms with E-state index in [0.717, 1.165) is 22.3 Å². The lowest BCUT2D eigenvalue weighted by Crippen LogP contribution is -2.23. The van der Waals surface area contributed by atoms with Crippen molar-refractivity contribution >= 4 is 21.6 Å². The Kier molecular flexibility index (Phi) is 4.15. The zero-order chi connectivity index (χ0) is 13.0. The molecule has 5 heteroatoms. The molecule has 1 aromatic heterocycles. The predicted molar refractivity (Wildman–Crippen MR) is 75.9 cm³/mol. The number of hydrogen-bond acceptors (Lipinski definition) is 3. The zero-order valence-electron chi connectivity index (χ0n) is 10.1. The van der Waals surface area contributed by atoms with Crippen LogP contribution in [0.15, 0.2) is 45.8 Å². The van der Waals surface area contributed by atoms with Crippen molar-refractivity contribution in [1.82, 2.24) is 9.78 Å². The molecule has 1 heterocycles. The van der Waals surface area contributed by atoms with Crippen molar-refractivity contribution in [2.45, 2.75) is 13.5 Å². The molecule has 0 unspecified atom stereocenters. The van der Waals surface area contributed by atoms with Crippen LogP contribution in [0.1, 0.15) is 12.5 Å². The van der Waals surface area contributed by atoms with Gasteiger partial charge in [0.25, 0.3) is 5.56 Å². The van der Waals surface area contributed by atoms with Gasteiger partial charge in [0.15, 0.2) is 0 Å². The number of nitrogens with one attached hydrogen (secondary N) is 1. The maximum Gasteiger partial charge on any atom is 0.269 e. The van der Waals surface area contributed by atoms with E-state index in [1.807, 2.05) is 31.2 Å². The monoisotopic (exact) mass is 307 g/mol. The summed E-state index contributed by atoms with van der Waals surface area (Å²) in [5, 5.41) is 7.21. The Hall–Kier alpha value is -1.62. The van der Waals surface area contributed by atoms with Crippen molar-refractivity contribution in [2.24, 2.45) is 0 Å². The van der Waals surface area contributed by atoms with E-state index in [2.05, 4.69) is 26.3 Å². The van der Waals surface area contributed by atoms with Crippen LogP contribution in [0, 0.1) is 0 Å². The van der Waals surface area contributed by atoms with Gasteiger partial charge in [0.1, 0.15) is 0 Å². The van der Waals surface area contributed by atoms with Crippen molar-refractivity contribution in [3.05, 3.63) is 56.9 Å². The van der Waals surface area contributed by atoms with Gasteiger partial charge < -0.3 is 5.32 Å². The summed E-state index contributed by atoms with van der Waals surface area (Å²) in [6.45, 7) is 3.24. The van der Waals surface area contributed by atoms with Crippen LogP contribution in [-0.2, 0) is 6.54 Å². The number of benzene rings is 1. The van der Waals surface area contributed by atoms with Gasteiger partial charge in [-0.15, -0.1) is 0 Å². The highest BCUT2D eigenvalue weighted by Gasteiger charge is 2.01. The summed E-state index contributed by atoms with van der Waals surface area (Å²) in [5.41, 5.74) is 1.70. The zero-order valence-corrected chi connectivity index (χ0v) is 11.6. The fraction of sp³-hybridized carbons (Fsp3) is 0.231. The number of anilines is 1. The first-order chi connectivity index (χ1) is 8.69. The Morgan fingerprint density at radius 1 is 1.33 bits per heavy atom. The third-order valence-electron chi connectivity index (χ3n) is 2.50. The number of halogens is 1. The van der Waals surface area contributed by atoms with Crippen LogP contribution in [-0.4, -0.2) is 16.3 Å². The summed E-state index contributed by atoms with van der Waals surface area (Å²) < 4.78 is 2.47. The Bertz CT molecular complexity index is 578. The van der Waals surface area contributed by atoms with Gasteiger partial charge in [0.2, 0.25) is 0 Å². The average Bonchev–Trinajstić information content (AvgIpc) is 2.36. The smallest absolute Gasteiger partial charge is 0.269 e. The minimum Gasteiger partial charge on any atom is -0.384 e. The molecule has 0 atom stereocenters. The summed E-state index contributed by atoms with van der Waals surface area (Å²) >= 11 is 3.38. The Morgan fingerprint density at radius 2 is 2.06 bits per heavy atom. The normalized spacial score (nSPS) is 10.3. The summed E-state index contributed by atoms with van der Waals surface area (Å²) in [6, 6.07) is 9.41. The van der Waals surface area contributed by atoms with Crippen molar-refractivity contribution in [2.75, 3.05) is 11.9 Å². The second-order valence-electron chi connectivity index (χ2n) is 3.90. The van der Waals surface area contributed by atoms with Crippen molar-refractivity contribution in [1.29, 1.82) is 0 Å². The average molecular weight is 308 g/mol.